The first-order chi connectivity index (χ1) is 11.5. The number of nitrogens with zero attached hydrogens (tertiary/aromatic N) is 2. The smallest absolute Gasteiger partial charge is 0.141 e. The fourth-order valence-corrected chi connectivity index (χ4v) is 2.28. The number of anilines is 2. The molecule has 0 atom stereocenters. The lowest BCUT2D eigenvalue weighted by atomic mass is 10.1. The second-order valence-electron chi connectivity index (χ2n) is 4.81. The van der Waals surface area contributed by atoms with E-state index in [9.17, 15) is 5.11 Å². The van der Waals surface area contributed by atoms with Crippen molar-refractivity contribution >= 4 is 39.6 Å². The third-order valence-electron chi connectivity index (χ3n) is 3.16. The molecular weight excluding hydrogens is 374 g/mol. The van der Waals surface area contributed by atoms with Crippen molar-refractivity contribution < 1.29 is 14.6 Å². The summed E-state index contributed by atoms with van der Waals surface area (Å²) in [5.41, 5.74) is 2.21. The van der Waals surface area contributed by atoms with Crippen LogP contribution >= 0.6 is 15.9 Å². The van der Waals surface area contributed by atoms with Crippen molar-refractivity contribution in [3.63, 3.8) is 0 Å². The third-order valence-corrected chi connectivity index (χ3v) is 3.79. The van der Waals surface area contributed by atoms with Gasteiger partial charge in [0.05, 0.1) is 36.4 Å². The maximum atomic E-state index is 9.60. The van der Waals surface area contributed by atoms with Gasteiger partial charge in [-0.15, -0.1) is 0 Å². The summed E-state index contributed by atoms with van der Waals surface area (Å²) in [7, 11) is 3.17. The Bertz CT molecular complexity index is 776. The molecular formula is C17H18BrN3O3. The second kappa shape index (κ2) is 8.35. The van der Waals surface area contributed by atoms with E-state index in [2.05, 4.69) is 31.2 Å². The fourth-order valence-electron chi connectivity index (χ4n) is 1.90. The van der Waals surface area contributed by atoms with Crippen molar-refractivity contribution in [3.8, 4) is 5.75 Å². The number of nitrogens with one attached hydrogen (secondary N) is 1. The Balaban J connectivity index is 2.46. The number of aromatic hydroxyl groups is 1. The number of halogens is 1. The van der Waals surface area contributed by atoms with E-state index in [0.717, 1.165) is 17.0 Å². The molecule has 2 rings (SSSR count). The number of hydrogen-bond donors (Lipinski definition) is 2. The summed E-state index contributed by atoms with van der Waals surface area (Å²) in [5, 5.41) is 12.8. The Morgan fingerprint density at radius 3 is 2.75 bits per heavy atom. The minimum atomic E-state index is 0.169. The van der Waals surface area contributed by atoms with Gasteiger partial charge < -0.3 is 19.9 Å². The van der Waals surface area contributed by atoms with E-state index in [-0.39, 0.29) is 5.75 Å². The van der Waals surface area contributed by atoms with E-state index < -0.39 is 0 Å². The molecule has 0 aliphatic carbocycles. The average Bonchev–Trinajstić information content (AvgIpc) is 2.57. The van der Waals surface area contributed by atoms with Crippen molar-refractivity contribution in [2.45, 2.75) is 6.92 Å². The van der Waals surface area contributed by atoms with Gasteiger partial charge in [0.1, 0.15) is 17.9 Å². The first kappa shape index (κ1) is 17.8. The molecule has 6 nitrogen and oxygen atoms in total. The lowest BCUT2D eigenvalue weighted by Gasteiger charge is -2.11. The molecule has 0 radical (unpaired) electrons. The number of phenols is 1. The molecule has 0 aliphatic rings. The van der Waals surface area contributed by atoms with Crippen LogP contribution in [0.2, 0.25) is 0 Å². The van der Waals surface area contributed by atoms with Crippen LogP contribution in [0.3, 0.4) is 0 Å². The summed E-state index contributed by atoms with van der Waals surface area (Å²) < 4.78 is 10.8. The lowest BCUT2D eigenvalue weighted by Crippen LogP contribution is -2.01. The number of hydrogen-bond acceptors (Lipinski definition) is 6. The monoisotopic (exact) mass is 391 g/mol. The van der Waals surface area contributed by atoms with Crippen LogP contribution in [0, 0.1) is 0 Å². The summed E-state index contributed by atoms with van der Waals surface area (Å²) in [4.78, 5) is 8.59. The van der Waals surface area contributed by atoms with E-state index in [1.54, 1.807) is 44.8 Å². The summed E-state index contributed by atoms with van der Waals surface area (Å²) in [6.07, 6.45) is 6.61. The van der Waals surface area contributed by atoms with Gasteiger partial charge >= 0.3 is 0 Å². The highest BCUT2D eigenvalue weighted by atomic mass is 79.9. The zero-order chi connectivity index (χ0) is 17.5. The molecule has 126 valence electrons. The highest BCUT2D eigenvalue weighted by molar-refractivity contribution is 9.10. The highest BCUT2D eigenvalue weighted by Gasteiger charge is 2.09. The number of aromatic nitrogens is 2. The molecule has 1 aromatic heterocycles. The molecule has 0 fully saturated rings. The predicted molar refractivity (Wildman–Crippen MR) is 97.8 cm³/mol. The Kier molecular flexibility index (Phi) is 6.20. The number of ether oxygens (including phenoxy) is 2. The van der Waals surface area contributed by atoms with Crippen molar-refractivity contribution in [2.24, 2.45) is 0 Å². The van der Waals surface area contributed by atoms with Crippen LogP contribution in [0.5, 0.6) is 5.75 Å². The number of allylic oxidation sites excluding steroid dienone is 1. The Morgan fingerprint density at radius 1 is 1.29 bits per heavy atom. The van der Waals surface area contributed by atoms with Crippen LogP contribution in [0.15, 0.2) is 41.0 Å². The molecule has 0 saturated carbocycles. The van der Waals surface area contributed by atoms with Crippen molar-refractivity contribution in [2.75, 3.05) is 19.5 Å². The van der Waals surface area contributed by atoms with Crippen molar-refractivity contribution in [1.29, 1.82) is 0 Å². The van der Waals surface area contributed by atoms with Gasteiger partial charge in [-0.3, -0.25) is 0 Å². The van der Waals surface area contributed by atoms with Crippen LogP contribution in [0.4, 0.5) is 11.5 Å². The van der Waals surface area contributed by atoms with Crippen LogP contribution in [0.25, 0.3) is 12.2 Å². The zero-order valence-corrected chi connectivity index (χ0v) is 15.2. The van der Waals surface area contributed by atoms with Crippen LogP contribution in [-0.4, -0.2) is 29.3 Å². The highest BCUT2D eigenvalue weighted by Crippen LogP contribution is 2.29. The maximum Gasteiger partial charge on any atom is 0.141 e. The normalized spacial score (nSPS) is 11.6. The van der Waals surface area contributed by atoms with Crippen LogP contribution in [-0.2, 0) is 9.47 Å². The minimum absolute atomic E-state index is 0.169. The van der Waals surface area contributed by atoms with Gasteiger partial charge in [-0.1, -0.05) is 0 Å². The number of phenolic OH excluding ortho intramolecular Hbond substituents is 1. The van der Waals surface area contributed by atoms with Gasteiger partial charge in [0.15, 0.2) is 0 Å². The fraction of sp³-hybridized carbons (Fsp3) is 0.176. The minimum Gasteiger partial charge on any atom is -0.507 e. The second-order valence-corrected chi connectivity index (χ2v) is 5.66. The van der Waals surface area contributed by atoms with E-state index in [1.165, 1.54) is 6.33 Å². The largest absolute Gasteiger partial charge is 0.507 e. The molecule has 2 N–H and O–H groups in total. The van der Waals surface area contributed by atoms with E-state index >= 15 is 0 Å². The SMILES string of the molecule is CO/C=C/c1c(/C=C(\C)OC)ncnc1Nc1ccc(O)c(Br)c1. The van der Waals surface area contributed by atoms with Gasteiger partial charge in [0, 0.05) is 17.3 Å². The summed E-state index contributed by atoms with van der Waals surface area (Å²) >= 11 is 3.29. The van der Waals surface area contributed by atoms with Gasteiger partial charge in [-0.2, -0.15) is 0 Å². The third kappa shape index (κ3) is 4.48. The lowest BCUT2D eigenvalue weighted by molar-refractivity contribution is 0.297. The van der Waals surface area contributed by atoms with Gasteiger partial charge in [-0.05, 0) is 47.1 Å². The number of methoxy groups -OCH3 is 2. The Hall–Kier alpha value is -2.54. The standard InChI is InChI=1S/C17H18BrN3O3/c1-11(24-3)8-15-13(6-7-23-2)17(20-10-19-15)21-12-4-5-16(22)14(18)9-12/h4-10,22H,1-3H3,(H,19,20,21)/b7-6+,11-8+. The molecule has 1 heterocycles. The summed E-state index contributed by atoms with van der Waals surface area (Å²) in [6, 6.07) is 5.10. The van der Waals surface area contributed by atoms with E-state index in [0.29, 0.717) is 16.0 Å². The first-order valence-electron chi connectivity index (χ1n) is 7.07. The van der Waals surface area contributed by atoms with Crippen molar-refractivity contribution in [3.05, 3.63) is 52.3 Å². The quantitative estimate of drug-likeness (QED) is 0.564. The van der Waals surface area contributed by atoms with Gasteiger partial charge in [0.25, 0.3) is 0 Å². The molecule has 0 amide bonds. The zero-order valence-electron chi connectivity index (χ0n) is 13.6. The molecule has 0 bridgehead atoms. The topological polar surface area (TPSA) is 76.5 Å². The summed E-state index contributed by atoms with van der Waals surface area (Å²) in [5.74, 6) is 1.49. The molecule has 24 heavy (non-hydrogen) atoms. The molecule has 1 aromatic carbocycles. The Labute approximate surface area is 149 Å². The molecule has 0 unspecified atom stereocenters. The maximum absolute atomic E-state index is 9.60. The number of rotatable bonds is 6. The van der Waals surface area contributed by atoms with E-state index in [4.69, 9.17) is 9.47 Å². The number of benzene rings is 1. The molecule has 7 heteroatoms. The van der Waals surface area contributed by atoms with Gasteiger partial charge in [0.2, 0.25) is 0 Å². The first-order valence-corrected chi connectivity index (χ1v) is 7.86. The molecule has 2 aromatic rings. The average molecular weight is 392 g/mol. The molecule has 0 aliphatic heterocycles. The van der Waals surface area contributed by atoms with Gasteiger partial charge in [-0.25, -0.2) is 9.97 Å². The Morgan fingerprint density at radius 2 is 2.08 bits per heavy atom. The molecule has 0 saturated heterocycles. The summed E-state index contributed by atoms with van der Waals surface area (Å²) in [6.45, 7) is 1.84. The van der Waals surface area contributed by atoms with Crippen LogP contribution < -0.4 is 5.32 Å². The van der Waals surface area contributed by atoms with E-state index in [1.807, 2.05) is 13.0 Å². The predicted octanol–water partition coefficient (Wildman–Crippen LogP) is 4.31. The van der Waals surface area contributed by atoms with Crippen molar-refractivity contribution in [1.82, 2.24) is 9.97 Å². The molecule has 0 spiro atoms. The van der Waals surface area contributed by atoms with Crippen LogP contribution in [0.1, 0.15) is 18.2 Å².